The number of nitrogens with one attached hydrogen (secondary N) is 2. The van der Waals surface area contributed by atoms with Crippen LogP contribution >= 0.6 is 0 Å². The summed E-state index contributed by atoms with van der Waals surface area (Å²) < 4.78 is 51.7. The second kappa shape index (κ2) is 16.7. The highest BCUT2D eigenvalue weighted by atomic mass is 32.2. The first-order valence-corrected chi connectivity index (χ1v) is 21.7. The van der Waals surface area contributed by atoms with Crippen LogP contribution in [-0.4, -0.2) is 123 Å². The van der Waals surface area contributed by atoms with E-state index in [0.717, 1.165) is 68.6 Å². The van der Waals surface area contributed by atoms with E-state index in [0.29, 0.717) is 54.2 Å². The zero-order chi connectivity index (χ0) is 38.9. The Morgan fingerprint density at radius 2 is 1.87 bits per heavy atom. The number of likely N-dealkylation sites (tertiary alicyclic amines) is 1. The molecule has 4 saturated heterocycles. The Balaban J connectivity index is 1.05. The van der Waals surface area contributed by atoms with Crippen molar-refractivity contribution in [3.63, 3.8) is 0 Å². The Kier molecular flexibility index (Phi) is 11.9. The third-order valence-electron chi connectivity index (χ3n) is 11.7. The lowest BCUT2D eigenvalue weighted by molar-refractivity contribution is -0.111. The second-order valence-electron chi connectivity index (χ2n) is 15.9. The molecule has 2 N–H and O–H groups in total. The summed E-state index contributed by atoms with van der Waals surface area (Å²) in [6, 6.07) is 6.19. The van der Waals surface area contributed by atoms with Gasteiger partial charge < -0.3 is 34.8 Å². The van der Waals surface area contributed by atoms with Crippen molar-refractivity contribution in [3.8, 4) is 0 Å². The van der Waals surface area contributed by atoms with Crippen molar-refractivity contribution < 1.29 is 27.1 Å². The Morgan fingerprint density at radius 3 is 2.55 bits per heavy atom. The number of rotatable bonds is 12. The molecule has 3 aromatic rings. The molecule has 0 bridgehead atoms. The van der Waals surface area contributed by atoms with Crippen LogP contribution in [0.2, 0.25) is 0 Å². The number of benzene rings is 1. The number of pyridine rings is 1. The fourth-order valence-electron chi connectivity index (χ4n) is 8.67. The first-order valence-electron chi connectivity index (χ1n) is 19.7. The molecular weight excluding hydrogens is 724 g/mol. The van der Waals surface area contributed by atoms with Crippen molar-refractivity contribution in [2.24, 2.45) is 5.92 Å². The van der Waals surface area contributed by atoms with Gasteiger partial charge in [-0.1, -0.05) is 20.4 Å². The average molecular weight is 779 g/mol. The number of nitrogens with zero attached hydrogens (tertiary/aromatic N) is 6. The molecule has 1 amide bonds. The van der Waals surface area contributed by atoms with Gasteiger partial charge in [-0.2, -0.15) is 0 Å². The molecule has 0 radical (unpaired) electrons. The number of aromatic nitrogens is 3. The summed E-state index contributed by atoms with van der Waals surface area (Å²) in [6.45, 7) is 14.8. The molecule has 4 atom stereocenters. The van der Waals surface area contributed by atoms with Crippen molar-refractivity contribution in [2.45, 2.75) is 89.3 Å². The molecular formula is C40H55FN8O5S. The molecule has 298 valence electrons. The van der Waals surface area contributed by atoms with E-state index in [1.807, 2.05) is 43.9 Å². The minimum atomic E-state index is -3.14. The number of alkyl halides is 1. The third kappa shape index (κ3) is 9.05. The van der Waals surface area contributed by atoms with E-state index < -0.39 is 22.1 Å². The lowest BCUT2D eigenvalue weighted by Gasteiger charge is -2.48. The van der Waals surface area contributed by atoms with Gasteiger partial charge in [-0.05, 0) is 63.2 Å². The van der Waals surface area contributed by atoms with Crippen LogP contribution in [-0.2, 0) is 24.1 Å². The average Bonchev–Trinajstić information content (AvgIpc) is 3.16. The number of sulfone groups is 1. The Morgan fingerprint density at radius 1 is 1.11 bits per heavy atom. The van der Waals surface area contributed by atoms with Gasteiger partial charge in [-0.25, -0.2) is 27.8 Å². The van der Waals surface area contributed by atoms with Crippen molar-refractivity contribution in [1.29, 1.82) is 0 Å². The first kappa shape index (κ1) is 39.3. The van der Waals surface area contributed by atoms with Crippen LogP contribution in [0.15, 0.2) is 43.2 Å². The lowest BCUT2D eigenvalue weighted by atomic mass is 9.89. The van der Waals surface area contributed by atoms with Gasteiger partial charge >= 0.3 is 0 Å². The van der Waals surface area contributed by atoms with E-state index in [2.05, 4.69) is 32.0 Å². The van der Waals surface area contributed by atoms with Gasteiger partial charge in [-0.3, -0.25) is 4.79 Å². The standard InChI is InChI=1S/C40H55FN8O5S/c1-6-37(50)45-33-20-34(49-22-27(26(49)4)24-55(5,51)52)31-21-43-40(46-39(31)38(33)25(2)3)44-28-7-13-42-36(19-28)48-16-10-35(32(41)23-48)54-30-8-14-47(15-9-30)29-11-17-53-18-12-29/h6-7,13,19-21,25-27,29-30,32,35H,1,8-12,14-18,22-24H2,2-5H3,(H,45,50)(H,42,43,44,46)/t26-,27-,32+,35-/m1/s1. The fraction of sp³-hybridized carbons (Fsp3) is 0.600. The van der Waals surface area contributed by atoms with E-state index in [1.54, 1.807) is 12.4 Å². The first-order chi connectivity index (χ1) is 26.4. The van der Waals surface area contributed by atoms with Gasteiger partial charge in [0.05, 0.1) is 35.7 Å². The number of halogens is 1. The molecule has 7 rings (SSSR count). The summed E-state index contributed by atoms with van der Waals surface area (Å²) in [6.07, 6.45) is 9.14. The van der Waals surface area contributed by atoms with Crippen LogP contribution in [0.3, 0.4) is 0 Å². The monoisotopic (exact) mass is 778 g/mol. The molecule has 0 aliphatic carbocycles. The predicted molar refractivity (Wildman–Crippen MR) is 215 cm³/mol. The van der Waals surface area contributed by atoms with Crippen LogP contribution in [0.4, 0.5) is 33.2 Å². The smallest absolute Gasteiger partial charge is 0.247 e. The topological polar surface area (TPSA) is 142 Å². The van der Waals surface area contributed by atoms with E-state index in [4.69, 9.17) is 19.4 Å². The summed E-state index contributed by atoms with van der Waals surface area (Å²) >= 11 is 0. The molecule has 15 heteroatoms. The molecule has 0 saturated carbocycles. The zero-order valence-corrected chi connectivity index (χ0v) is 33.2. The molecule has 0 spiro atoms. The normalized spacial score (nSPS) is 24.5. The molecule has 6 heterocycles. The highest BCUT2D eigenvalue weighted by Crippen LogP contribution is 2.42. The second-order valence-corrected chi connectivity index (χ2v) is 18.1. The van der Waals surface area contributed by atoms with Gasteiger partial charge in [-0.15, -0.1) is 0 Å². The number of hydrogen-bond donors (Lipinski definition) is 2. The van der Waals surface area contributed by atoms with E-state index in [9.17, 15) is 13.2 Å². The molecule has 0 unspecified atom stereocenters. The lowest BCUT2D eigenvalue weighted by Crippen LogP contribution is -2.57. The highest BCUT2D eigenvalue weighted by molar-refractivity contribution is 7.90. The molecule has 55 heavy (non-hydrogen) atoms. The number of carbonyl (C=O) groups is 1. The third-order valence-corrected chi connectivity index (χ3v) is 12.7. The SMILES string of the molecule is C=CC(=O)Nc1cc(N2C[C@H](CS(C)(=O)=O)[C@H]2C)c2cnc(Nc3ccnc(N4CC[C@@H](OC5CCN(C6CCOCC6)CC5)[C@@H](F)C4)c3)nc2c1C(C)C. The Hall–Kier alpha value is -3.92. The van der Waals surface area contributed by atoms with Gasteiger partial charge in [0, 0.05) is 104 Å². The maximum atomic E-state index is 15.7. The summed E-state index contributed by atoms with van der Waals surface area (Å²) in [7, 11) is -3.14. The summed E-state index contributed by atoms with van der Waals surface area (Å²) in [5, 5.41) is 7.11. The van der Waals surface area contributed by atoms with Gasteiger partial charge in [0.2, 0.25) is 11.9 Å². The van der Waals surface area contributed by atoms with Crippen LogP contribution in [0.1, 0.15) is 64.4 Å². The maximum Gasteiger partial charge on any atom is 0.247 e. The van der Waals surface area contributed by atoms with Crippen LogP contribution in [0.25, 0.3) is 10.9 Å². The summed E-state index contributed by atoms with van der Waals surface area (Å²) in [5.74, 6) is 0.763. The molecule has 4 fully saturated rings. The largest absolute Gasteiger partial charge is 0.381 e. The number of piperidine rings is 2. The highest BCUT2D eigenvalue weighted by Gasteiger charge is 2.39. The maximum absolute atomic E-state index is 15.7. The van der Waals surface area contributed by atoms with E-state index >= 15 is 4.39 Å². The fourth-order valence-corrected chi connectivity index (χ4v) is 9.83. The van der Waals surface area contributed by atoms with Gasteiger partial charge in [0.15, 0.2) is 0 Å². The summed E-state index contributed by atoms with van der Waals surface area (Å²) in [5.41, 5.74) is 3.67. The molecule has 4 aliphatic rings. The predicted octanol–water partition coefficient (Wildman–Crippen LogP) is 5.46. The number of carbonyl (C=O) groups excluding carboxylic acids is 1. The molecule has 2 aromatic heterocycles. The number of hydrogen-bond acceptors (Lipinski definition) is 12. The number of fused-ring (bicyclic) bond motifs is 1. The number of anilines is 5. The van der Waals surface area contributed by atoms with Crippen molar-refractivity contribution in [3.05, 3.63) is 48.8 Å². The van der Waals surface area contributed by atoms with Crippen molar-refractivity contribution in [2.75, 3.05) is 78.4 Å². The quantitative estimate of drug-likeness (QED) is 0.226. The van der Waals surface area contributed by atoms with Crippen LogP contribution in [0, 0.1) is 5.92 Å². The Bertz CT molecular complexity index is 1970. The Labute approximate surface area is 324 Å². The van der Waals surface area contributed by atoms with Crippen molar-refractivity contribution in [1.82, 2.24) is 19.9 Å². The van der Waals surface area contributed by atoms with Gasteiger partial charge in [0.25, 0.3) is 0 Å². The molecule has 13 nitrogen and oxygen atoms in total. The zero-order valence-electron chi connectivity index (χ0n) is 32.4. The number of amides is 1. The minimum Gasteiger partial charge on any atom is -0.381 e. The van der Waals surface area contributed by atoms with E-state index in [1.165, 1.54) is 12.3 Å². The van der Waals surface area contributed by atoms with Crippen LogP contribution < -0.4 is 20.4 Å². The van der Waals surface area contributed by atoms with Crippen LogP contribution in [0.5, 0.6) is 0 Å². The summed E-state index contributed by atoms with van der Waals surface area (Å²) in [4.78, 5) is 33.5. The molecule has 4 aliphatic heterocycles. The minimum absolute atomic E-state index is 0.0100. The van der Waals surface area contributed by atoms with E-state index in [-0.39, 0.29) is 42.2 Å². The number of ether oxygens (including phenoxy) is 2. The molecule has 1 aromatic carbocycles. The van der Waals surface area contributed by atoms with Gasteiger partial charge in [0.1, 0.15) is 21.8 Å². The van der Waals surface area contributed by atoms with Crippen molar-refractivity contribution >= 4 is 55.5 Å².